The van der Waals surface area contributed by atoms with Crippen molar-refractivity contribution < 1.29 is 9.90 Å². The number of allylic oxidation sites excluding steroid dienone is 1. The molecule has 0 saturated heterocycles. The van der Waals surface area contributed by atoms with Crippen molar-refractivity contribution in [2.24, 2.45) is 0 Å². The van der Waals surface area contributed by atoms with E-state index < -0.39 is 5.97 Å². The van der Waals surface area contributed by atoms with E-state index in [1.54, 1.807) is 23.5 Å². The SMILES string of the molecule is CCCCc1ncc(/C=C(/Cc2cccs2)c2nnn[nH]2)n1Cc1ccc(C(=O)O)cc1. The smallest absolute Gasteiger partial charge is 0.335 e. The summed E-state index contributed by atoms with van der Waals surface area (Å²) in [7, 11) is 0. The lowest BCUT2D eigenvalue weighted by molar-refractivity contribution is 0.0697. The van der Waals surface area contributed by atoms with Crippen molar-refractivity contribution in [3.63, 3.8) is 0 Å². The minimum Gasteiger partial charge on any atom is -0.478 e. The van der Waals surface area contributed by atoms with Crippen LogP contribution in [0.5, 0.6) is 0 Å². The van der Waals surface area contributed by atoms with Gasteiger partial charge in [-0.3, -0.25) is 0 Å². The third-order valence-electron chi connectivity index (χ3n) is 5.18. The Morgan fingerprint density at radius 1 is 1.25 bits per heavy atom. The second-order valence-corrected chi connectivity index (χ2v) is 8.50. The highest BCUT2D eigenvalue weighted by molar-refractivity contribution is 7.10. The fourth-order valence-electron chi connectivity index (χ4n) is 3.47. The molecule has 0 atom stereocenters. The molecule has 0 fully saturated rings. The molecule has 9 heteroatoms. The topological polar surface area (TPSA) is 110 Å². The van der Waals surface area contributed by atoms with E-state index in [1.807, 2.05) is 24.4 Å². The van der Waals surface area contributed by atoms with Crippen molar-refractivity contribution in [3.8, 4) is 0 Å². The van der Waals surface area contributed by atoms with Gasteiger partial charge in [-0.15, -0.1) is 16.4 Å². The lowest BCUT2D eigenvalue weighted by Crippen LogP contribution is -2.08. The molecule has 4 aromatic rings. The molecule has 3 aromatic heterocycles. The number of aromatic amines is 1. The maximum absolute atomic E-state index is 11.2. The van der Waals surface area contributed by atoms with Gasteiger partial charge in [-0.2, -0.15) is 0 Å². The van der Waals surface area contributed by atoms with E-state index in [-0.39, 0.29) is 5.56 Å². The van der Waals surface area contributed by atoms with Crippen LogP contribution in [0.2, 0.25) is 0 Å². The van der Waals surface area contributed by atoms with Crippen LogP contribution in [0.1, 0.15) is 57.9 Å². The first-order valence-electron chi connectivity index (χ1n) is 10.5. The number of hydrogen-bond donors (Lipinski definition) is 2. The average Bonchev–Trinajstić information content (AvgIpc) is 3.56. The molecule has 0 spiro atoms. The van der Waals surface area contributed by atoms with Gasteiger partial charge in [0.15, 0.2) is 5.82 Å². The fourth-order valence-corrected chi connectivity index (χ4v) is 4.20. The Kier molecular flexibility index (Phi) is 6.86. The Morgan fingerprint density at radius 2 is 2.09 bits per heavy atom. The van der Waals surface area contributed by atoms with E-state index in [4.69, 9.17) is 4.98 Å². The van der Waals surface area contributed by atoms with Crippen LogP contribution in [0.4, 0.5) is 0 Å². The Labute approximate surface area is 189 Å². The van der Waals surface area contributed by atoms with E-state index >= 15 is 0 Å². The van der Waals surface area contributed by atoms with Crippen LogP contribution in [0, 0.1) is 0 Å². The number of rotatable bonds is 10. The largest absolute Gasteiger partial charge is 0.478 e. The number of benzene rings is 1. The quantitative estimate of drug-likeness (QED) is 0.374. The van der Waals surface area contributed by atoms with E-state index in [9.17, 15) is 9.90 Å². The summed E-state index contributed by atoms with van der Waals surface area (Å²) in [6.07, 6.45) is 7.68. The van der Waals surface area contributed by atoms with Crippen molar-refractivity contribution in [3.05, 3.63) is 81.3 Å². The van der Waals surface area contributed by atoms with Gasteiger partial charge in [0.25, 0.3) is 0 Å². The van der Waals surface area contributed by atoms with Gasteiger partial charge in [-0.25, -0.2) is 14.9 Å². The Bertz CT molecular complexity index is 1180. The number of unbranched alkanes of at least 4 members (excludes halogenated alkanes) is 1. The molecule has 8 nitrogen and oxygen atoms in total. The first-order chi connectivity index (χ1) is 15.6. The van der Waals surface area contributed by atoms with Crippen LogP contribution in [0.25, 0.3) is 11.6 Å². The zero-order chi connectivity index (χ0) is 22.3. The molecule has 0 aliphatic heterocycles. The number of aromatic nitrogens is 6. The summed E-state index contributed by atoms with van der Waals surface area (Å²) in [6, 6.07) is 11.1. The summed E-state index contributed by atoms with van der Waals surface area (Å²) in [6.45, 7) is 2.76. The second-order valence-electron chi connectivity index (χ2n) is 7.47. The van der Waals surface area contributed by atoms with Crippen molar-refractivity contribution in [1.82, 2.24) is 30.2 Å². The number of aromatic carboxylic acids is 1. The number of aryl methyl sites for hydroxylation is 1. The molecule has 0 bridgehead atoms. The van der Waals surface area contributed by atoms with Crippen molar-refractivity contribution in [1.29, 1.82) is 0 Å². The lowest BCUT2D eigenvalue weighted by atomic mass is 10.1. The van der Waals surface area contributed by atoms with Crippen LogP contribution in [-0.4, -0.2) is 41.3 Å². The summed E-state index contributed by atoms with van der Waals surface area (Å²) in [5.41, 5.74) is 3.23. The van der Waals surface area contributed by atoms with Crippen LogP contribution in [0.15, 0.2) is 48.0 Å². The highest BCUT2D eigenvalue weighted by Gasteiger charge is 2.14. The maximum atomic E-state index is 11.2. The van der Waals surface area contributed by atoms with Gasteiger partial charge in [0.05, 0.1) is 17.5 Å². The number of hydrogen-bond acceptors (Lipinski definition) is 6. The molecule has 2 N–H and O–H groups in total. The molecule has 0 aliphatic carbocycles. The molecule has 0 saturated carbocycles. The van der Waals surface area contributed by atoms with Gasteiger partial charge in [0.1, 0.15) is 5.82 Å². The van der Waals surface area contributed by atoms with Crippen molar-refractivity contribution >= 4 is 29.0 Å². The monoisotopic (exact) mass is 448 g/mol. The summed E-state index contributed by atoms with van der Waals surface area (Å²) in [5, 5.41) is 25.7. The Hall–Kier alpha value is -3.59. The number of carboxylic acid groups (broad SMARTS) is 1. The minimum atomic E-state index is -0.926. The van der Waals surface area contributed by atoms with Crippen molar-refractivity contribution in [2.45, 2.75) is 39.2 Å². The normalized spacial score (nSPS) is 11.7. The lowest BCUT2D eigenvalue weighted by Gasteiger charge is -2.12. The number of tetrazole rings is 1. The molecular weight excluding hydrogens is 424 g/mol. The van der Waals surface area contributed by atoms with Crippen LogP contribution < -0.4 is 0 Å². The molecule has 0 unspecified atom stereocenters. The van der Waals surface area contributed by atoms with Crippen molar-refractivity contribution in [2.75, 3.05) is 0 Å². The molecule has 4 rings (SSSR count). The third kappa shape index (κ3) is 5.17. The number of carboxylic acids is 1. The zero-order valence-corrected chi connectivity index (χ0v) is 18.5. The van der Waals surface area contributed by atoms with Gasteiger partial charge >= 0.3 is 5.97 Å². The number of carbonyl (C=O) groups is 1. The molecule has 1 aromatic carbocycles. The van der Waals surface area contributed by atoms with Gasteiger partial charge in [0, 0.05) is 29.8 Å². The van der Waals surface area contributed by atoms with Gasteiger partial charge in [0.2, 0.25) is 0 Å². The number of nitrogens with one attached hydrogen (secondary N) is 1. The zero-order valence-electron chi connectivity index (χ0n) is 17.7. The Morgan fingerprint density at radius 3 is 2.75 bits per heavy atom. The molecule has 0 aliphatic rings. The summed E-state index contributed by atoms with van der Waals surface area (Å²) >= 11 is 1.69. The summed E-state index contributed by atoms with van der Waals surface area (Å²) in [4.78, 5) is 17.1. The standard InChI is InChI=1S/C23H24N6O2S/c1-2-3-6-21-24-14-19(29(21)15-16-7-9-17(10-8-16)23(30)31)12-18(22-25-27-28-26-22)13-20-5-4-11-32-20/h4-5,7-12,14H,2-3,6,13,15H2,1H3,(H,30,31)(H,25,26,27,28)/b18-12-. The first-order valence-corrected chi connectivity index (χ1v) is 11.4. The molecular formula is C23H24N6O2S. The second kappa shape index (κ2) is 10.1. The summed E-state index contributed by atoms with van der Waals surface area (Å²) < 4.78 is 2.18. The van der Waals surface area contributed by atoms with Crippen LogP contribution in [-0.2, 0) is 19.4 Å². The molecule has 164 valence electrons. The van der Waals surface area contributed by atoms with Crippen LogP contribution in [0.3, 0.4) is 0 Å². The van der Waals surface area contributed by atoms with E-state index in [1.165, 1.54) is 4.88 Å². The summed E-state index contributed by atoms with van der Waals surface area (Å²) in [5.74, 6) is 0.712. The van der Waals surface area contributed by atoms with Gasteiger partial charge < -0.3 is 9.67 Å². The Balaban J connectivity index is 1.70. The number of nitrogens with zero attached hydrogens (tertiary/aromatic N) is 5. The minimum absolute atomic E-state index is 0.279. The average molecular weight is 449 g/mol. The van der Waals surface area contributed by atoms with E-state index in [0.717, 1.165) is 41.9 Å². The molecule has 0 amide bonds. The number of thiophene rings is 1. The fraction of sp³-hybridized carbons (Fsp3) is 0.261. The molecule has 32 heavy (non-hydrogen) atoms. The van der Waals surface area contributed by atoms with E-state index in [0.29, 0.717) is 18.8 Å². The number of imidazole rings is 1. The first kappa shape index (κ1) is 21.6. The predicted octanol–water partition coefficient (Wildman–Crippen LogP) is 4.33. The van der Waals surface area contributed by atoms with E-state index in [2.05, 4.69) is 49.6 Å². The van der Waals surface area contributed by atoms with Gasteiger partial charge in [-0.1, -0.05) is 31.5 Å². The number of H-pyrrole nitrogens is 1. The highest BCUT2D eigenvalue weighted by Crippen LogP contribution is 2.24. The van der Waals surface area contributed by atoms with Crippen LogP contribution >= 0.6 is 11.3 Å². The maximum Gasteiger partial charge on any atom is 0.335 e. The predicted molar refractivity (Wildman–Crippen MR) is 123 cm³/mol. The molecule has 3 heterocycles. The van der Waals surface area contributed by atoms with Gasteiger partial charge in [-0.05, 0) is 52.1 Å². The highest BCUT2D eigenvalue weighted by atomic mass is 32.1. The third-order valence-corrected chi connectivity index (χ3v) is 6.06. The molecule has 0 radical (unpaired) electrons.